The van der Waals surface area contributed by atoms with Gasteiger partial charge in [0, 0.05) is 5.69 Å². The Bertz CT molecular complexity index is 772. The van der Waals surface area contributed by atoms with E-state index in [4.69, 9.17) is 10.5 Å². The molecule has 2 aromatic rings. The average Bonchev–Trinajstić information content (AvgIpc) is 2.56. The Balaban J connectivity index is 2.00. The maximum Gasteiger partial charge on any atom is 0.337 e. The molecule has 2 aromatic carbocycles. The van der Waals surface area contributed by atoms with E-state index in [1.54, 1.807) is 0 Å². The molecule has 0 saturated heterocycles. The minimum absolute atomic E-state index is 0.220. The summed E-state index contributed by atoms with van der Waals surface area (Å²) in [4.78, 5) is 23.5. The number of ether oxygens (including phenoxy) is 2. The van der Waals surface area contributed by atoms with E-state index >= 15 is 0 Å². The van der Waals surface area contributed by atoms with E-state index in [1.165, 1.54) is 25.3 Å². The van der Waals surface area contributed by atoms with Gasteiger partial charge in [-0.05, 0) is 55.3 Å². The van der Waals surface area contributed by atoms with Gasteiger partial charge in [0.05, 0.1) is 18.4 Å². The number of carbonyl (C=O) groups excluding carboxylic acids is 2. The van der Waals surface area contributed by atoms with Gasteiger partial charge in [-0.1, -0.05) is 6.07 Å². The Hall–Kier alpha value is -3.02. The molecule has 0 saturated carbocycles. The molecule has 0 atom stereocenters. The molecule has 2 rings (SSSR count). The van der Waals surface area contributed by atoms with Crippen LogP contribution in [0, 0.1) is 13.8 Å². The van der Waals surface area contributed by atoms with Crippen molar-refractivity contribution in [2.24, 2.45) is 0 Å². The number of anilines is 2. The van der Waals surface area contributed by atoms with Crippen molar-refractivity contribution in [1.82, 2.24) is 0 Å². The van der Waals surface area contributed by atoms with Crippen LogP contribution < -0.4 is 15.8 Å². The molecule has 0 fully saturated rings. The van der Waals surface area contributed by atoms with Gasteiger partial charge in [0.15, 0.2) is 6.61 Å². The molecule has 0 aliphatic rings. The number of nitrogens with one attached hydrogen (secondary N) is 1. The first kappa shape index (κ1) is 17.3. The summed E-state index contributed by atoms with van der Waals surface area (Å²) in [5, 5.41) is 2.75. The highest BCUT2D eigenvalue weighted by Crippen LogP contribution is 2.23. The minimum Gasteiger partial charge on any atom is -0.482 e. The molecule has 6 heteroatoms. The number of aryl methyl sites for hydroxylation is 2. The molecule has 126 valence electrons. The summed E-state index contributed by atoms with van der Waals surface area (Å²) in [5.41, 5.74) is 9.37. The Labute approximate surface area is 140 Å². The number of benzene rings is 2. The fraction of sp³-hybridized carbons (Fsp3) is 0.222. The first-order valence-electron chi connectivity index (χ1n) is 7.38. The smallest absolute Gasteiger partial charge is 0.337 e. The van der Waals surface area contributed by atoms with Crippen LogP contribution in [-0.2, 0) is 9.53 Å². The normalized spacial score (nSPS) is 10.1. The average molecular weight is 328 g/mol. The van der Waals surface area contributed by atoms with Crippen molar-refractivity contribution in [1.29, 1.82) is 0 Å². The van der Waals surface area contributed by atoms with Crippen molar-refractivity contribution in [2.75, 3.05) is 24.8 Å². The predicted molar refractivity (Wildman–Crippen MR) is 92.2 cm³/mol. The monoisotopic (exact) mass is 328 g/mol. The summed E-state index contributed by atoms with van der Waals surface area (Å²) >= 11 is 0. The predicted octanol–water partition coefficient (Wildman–Crippen LogP) is 2.69. The van der Waals surface area contributed by atoms with Gasteiger partial charge in [-0.15, -0.1) is 0 Å². The van der Waals surface area contributed by atoms with Gasteiger partial charge in [-0.2, -0.15) is 0 Å². The summed E-state index contributed by atoms with van der Waals surface area (Å²) in [6.45, 7) is 3.75. The number of hydrogen-bond acceptors (Lipinski definition) is 5. The highest BCUT2D eigenvalue weighted by Gasteiger charge is 2.11. The van der Waals surface area contributed by atoms with Crippen molar-refractivity contribution < 1.29 is 19.1 Å². The zero-order chi connectivity index (χ0) is 17.7. The fourth-order valence-corrected chi connectivity index (χ4v) is 2.06. The molecule has 6 nitrogen and oxygen atoms in total. The van der Waals surface area contributed by atoms with Crippen LogP contribution in [0.3, 0.4) is 0 Å². The third kappa shape index (κ3) is 4.25. The molecule has 0 aliphatic heterocycles. The standard InChI is InChI=1S/C18H20N2O4/c1-11-4-6-14(8-12(11)2)20-17(21)10-24-16-9-13(18(22)23-3)5-7-15(16)19/h4-9H,10,19H2,1-3H3,(H,20,21). The summed E-state index contributed by atoms with van der Waals surface area (Å²) in [7, 11) is 1.29. The van der Waals surface area contributed by atoms with Gasteiger partial charge >= 0.3 is 5.97 Å². The first-order chi connectivity index (χ1) is 11.4. The summed E-state index contributed by atoms with van der Waals surface area (Å²) in [6, 6.07) is 10.2. The van der Waals surface area contributed by atoms with E-state index in [0.717, 1.165) is 11.1 Å². The van der Waals surface area contributed by atoms with Gasteiger partial charge in [-0.3, -0.25) is 4.79 Å². The van der Waals surface area contributed by atoms with Crippen LogP contribution >= 0.6 is 0 Å². The van der Waals surface area contributed by atoms with Crippen LogP contribution in [0.1, 0.15) is 21.5 Å². The minimum atomic E-state index is -0.501. The molecule has 0 spiro atoms. The van der Waals surface area contributed by atoms with Crippen molar-refractivity contribution in [3.8, 4) is 5.75 Å². The topological polar surface area (TPSA) is 90.7 Å². The van der Waals surface area contributed by atoms with Crippen molar-refractivity contribution >= 4 is 23.3 Å². The SMILES string of the molecule is COC(=O)c1ccc(N)c(OCC(=O)Nc2ccc(C)c(C)c2)c1. The van der Waals surface area contributed by atoms with Crippen LogP contribution in [0.4, 0.5) is 11.4 Å². The lowest BCUT2D eigenvalue weighted by atomic mass is 10.1. The lowest BCUT2D eigenvalue weighted by molar-refractivity contribution is -0.118. The number of esters is 1. The first-order valence-corrected chi connectivity index (χ1v) is 7.38. The third-order valence-electron chi connectivity index (χ3n) is 3.58. The van der Waals surface area contributed by atoms with Crippen LogP contribution in [0.25, 0.3) is 0 Å². The molecule has 0 radical (unpaired) electrons. The lowest BCUT2D eigenvalue weighted by Crippen LogP contribution is -2.20. The van der Waals surface area contributed by atoms with E-state index in [0.29, 0.717) is 16.9 Å². The Morgan fingerprint density at radius 1 is 1.08 bits per heavy atom. The lowest BCUT2D eigenvalue weighted by Gasteiger charge is -2.11. The number of amides is 1. The number of rotatable bonds is 5. The zero-order valence-corrected chi connectivity index (χ0v) is 13.9. The van der Waals surface area contributed by atoms with Gasteiger partial charge in [0.1, 0.15) is 5.75 Å². The fourth-order valence-electron chi connectivity index (χ4n) is 2.06. The molecular formula is C18H20N2O4. The number of methoxy groups -OCH3 is 1. The Kier molecular flexibility index (Phi) is 5.42. The number of nitrogens with two attached hydrogens (primary N) is 1. The highest BCUT2D eigenvalue weighted by molar-refractivity contribution is 5.92. The molecule has 3 N–H and O–H groups in total. The second-order valence-corrected chi connectivity index (χ2v) is 5.38. The number of hydrogen-bond donors (Lipinski definition) is 2. The second-order valence-electron chi connectivity index (χ2n) is 5.38. The largest absolute Gasteiger partial charge is 0.482 e. The van der Waals surface area contributed by atoms with Gasteiger partial charge in [0.25, 0.3) is 5.91 Å². The van der Waals surface area contributed by atoms with E-state index in [9.17, 15) is 9.59 Å². The van der Waals surface area contributed by atoms with Gasteiger partial charge < -0.3 is 20.5 Å². The summed E-state index contributed by atoms with van der Waals surface area (Å²) < 4.78 is 10.1. The number of carbonyl (C=O) groups is 2. The van der Waals surface area contributed by atoms with Crippen molar-refractivity contribution in [2.45, 2.75) is 13.8 Å². The summed E-state index contributed by atoms with van der Waals surface area (Å²) in [6.07, 6.45) is 0. The van der Waals surface area contributed by atoms with Crippen LogP contribution in [0.15, 0.2) is 36.4 Å². The third-order valence-corrected chi connectivity index (χ3v) is 3.58. The van der Waals surface area contributed by atoms with Crippen molar-refractivity contribution in [3.63, 3.8) is 0 Å². The van der Waals surface area contributed by atoms with E-state index < -0.39 is 5.97 Å². The molecule has 0 unspecified atom stereocenters. The second kappa shape index (κ2) is 7.50. The molecule has 0 aromatic heterocycles. The Morgan fingerprint density at radius 2 is 1.83 bits per heavy atom. The maximum atomic E-state index is 12.0. The molecule has 24 heavy (non-hydrogen) atoms. The zero-order valence-electron chi connectivity index (χ0n) is 13.9. The maximum absolute atomic E-state index is 12.0. The molecular weight excluding hydrogens is 308 g/mol. The molecule has 0 aliphatic carbocycles. The quantitative estimate of drug-likeness (QED) is 0.650. The van der Waals surface area contributed by atoms with Crippen molar-refractivity contribution in [3.05, 3.63) is 53.1 Å². The Morgan fingerprint density at radius 3 is 2.50 bits per heavy atom. The summed E-state index contributed by atoms with van der Waals surface area (Å²) in [5.74, 6) is -0.561. The van der Waals surface area contributed by atoms with Crippen LogP contribution in [0.5, 0.6) is 5.75 Å². The van der Waals surface area contributed by atoms with Crippen LogP contribution in [-0.4, -0.2) is 25.6 Å². The van der Waals surface area contributed by atoms with E-state index in [2.05, 4.69) is 10.1 Å². The number of nitrogen functional groups attached to an aromatic ring is 1. The van der Waals surface area contributed by atoms with E-state index in [-0.39, 0.29) is 18.3 Å². The van der Waals surface area contributed by atoms with Gasteiger partial charge in [-0.25, -0.2) is 4.79 Å². The highest BCUT2D eigenvalue weighted by atomic mass is 16.5. The van der Waals surface area contributed by atoms with Crippen LogP contribution in [0.2, 0.25) is 0 Å². The van der Waals surface area contributed by atoms with Gasteiger partial charge in [0.2, 0.25) is 0 Å². The molecule has 0 bridgehead atoms. The molecule has 0 heterocycles. The molecule has 1 amide bonds. The van der Waals surface area contributed by atoms with E-state index in [1.807, 2.05) is 32.0 Å².